The Balaban J connectivity index is 2.46. The van der Waals surface area contributed by atoms with Crippen LogP contribution in [0.2, 0.25) is 0 Å². The molecule has 1 saturated heterocycles. The van der Waals surface area contributed by atoms with E-state index < -0.39 is 0 Å². The van der Waals surface area contributed by atoms with Gasteiger partial charge in [-0.1, -0.05) is 26.7 Å². The normalized spacial score (nSPS) is 21.7. The molecule has 1 fully saturated rings. The van der Waals surface area contributed by atoms with Crippen molar-refractivity contribution in [3.05, 3.63) is 0 Å². The average Bonchev–Trinajstić information content (AvgIpc) is 2.56. The van der Waals surface area contributed by atoms with Crippen LogP contribution in [0.1, 0.15) is 33.1 Å². The van der Waals surface area contributed by atoms with Gasteiger partial charge in [-0.3, -0.25) is 4.79 Å². The molecule has 1 amide bonds. The second-order valence-electron chi connectivity index (χ2n) is 4.01. The Hall–Kier alpha value is -1.04. The first kappa shape index (κ1) is 11.0. The van der Waals surface area contributed by atoms with Gasteiger partial charge in [-0.2, -0.15) is 5.26 Å². The Labute approximate surface area is 85.7 Å². The molecule has 0 radical (unpaired) electrons. The molecule has 0 bridgehead atoms. The highest BCUT2D eigenvalue weighted by Crippen LogP contribution is 2.20. The summed E-state index contributed by atoms with van der Waals surface area (Å²) >= 11 is 0. The maximum absolute atomic E-state index is 11.5. The number of amides is 1. The molecule has 1 atom stereocenters. The van der Waals surface area contributed by atoms with E-state index in [0.717, 1.165) is 19.4 Å². The number of rotatable bonds is 4. The zero-order chi connectivity index (χ0) is 10.6. The summed E-state index contributed by atoms with van der Waals surface area (Å²) in [7, 11) is 0. The fourth-order valence-electron chi connectivity index (χ4n) is 1.89. The summed E-state index contributed by atoms with van der Waals surface area (Å²) in [4.78, 5) is 13.3. The van der Waals surface area contributed by atoms with Crippen LogP contribution >= 0.6 is 0 Å². The molecule has 0 spiro atoms. The summed E-state index contributed by atoms with van der Waals surface area (Å²) in [6.07, 6.45) is 2.64. The van der Waals surface area contributed by atoms with Crippen molar-refractivity contribution in [2.24, 2.45) is 11.8 Å². The Bertz CT molecular complexity index is 240. The Morgan fingerprint density at radius 3 is 2.64 bits per heavy atom. The Morgan fingerprint density at radius 2 is 2.21 bits per heavy atom. The molecule has 1 aliphatic rings. The van der Waals surface area contributed by atoms with Crippen LogP contribution in [0.3, 0.4) is 0 Å². The largest absolute Gasteiger partial charge is 0.341 e. The molecule has 1 aliphatic heterocycles. The number of carbonyl (C=O) groups is 1. The van der Waals surface area contributed by atoms with E-state index in [1.165, 1.54) is 0 Å². The van der Waals surface area contributed by atoms with Gasteiger partial charge in [-0.15, -0.1) is 0 Å². The first-order chi connectivity index (χ1) is 6.71. The highest BCUT2D eigenvalue weighted by Gasteiger charge is 2.30. The molecule has 14 heavy (non-hydrogen) atoms. The standard InChI is InChI=1S/C11H18N2O/c1-3-9(4-2)7-13-8-10(6-12)5-11(13)14/h9-10H,3-5,7-8H2,1-2H3. The van der Waals surface area contributed by atoms with Crippen molar-refractivity contribution < 1.29 is 4.79 Å². The topological polar surface area (TPSA) is 44.1 Å². The number of nitriles is 1. The smallest absolute Gasteiger partial charge is 0.224 e. The summed E-state index contributed by atoms with van der Waals surface area (Å²) in [5.74, 6) is 0.678. The van der Waals surface area contributed by atoms with Gasteiger partial charge in [-0.05, 0) is 5.92 Å². The maximum atomic E-state index is 11.5. The second kappa shape index (κ2) is 4.99. The van der Waals surface area contributed by atoms with E-state index in [1.54, 1.807) is 0 Å². The van der Waals surface area contributed by atoms with Crippen LogP contribution in [0.4, 0.5) is 0 Å². The van der Waals surface area contributed by atoms with Crippen molar-refractivity contribution in [2.75, 3.05) is 13.1 Å². The van der Waals surface area contributed by atoms with Gasteiger partial charge in [0.15, 0.2) is 0 Å². The molecule has 1 rings (SSSR count). The van der Waals surface area contributed by atoms with Gasteiger partial charge in [0.2, 0.25) is 5.91 Å². The molecule has 78 valence electrons. The fourth-order valence-corrected chi connectivity index (χ4v) is 1.89. The molecular formula is C11H18N2O. The first-order valence-electron chi connectivity index (χ1n) is 5.38. The zero-order valence-corrected chi connectivity index (χ0v) is 8.99. The third-order valence-corrected chi connectivity index (χ3v) is 3.03. The molecule has 0 N–H and O–H groups in total. The van der Waals surface area contributed by atoms with Gasteiger partial charge < -0.3 is 4.90 Å². The number of carbonyl (C=O) groups excluding carboxylic acids is 1. The predicted molar refractivity (Wildman–Crippen MR) is 54.4 cm³/mol. The minimum absolute atomic E-state index is 0.0723. The summed E-state index contributed by atoms with van der Waals surface area (Å²) in [5, 5.41) is 8.72. The van der Waals surface area contributed by atoms with Gasteiger partial charge in [0.05, 0.1) is 12.0 Å². The van der Waals surface area contributed by atoms with Gasteiger partial charge >= 0.3 is 0 Å². The molecule has 1 heterocycles. The van der Waals surface area contributed by atoms with Crippen molar-refractivity contribution in [1.29, 1.82) is 5.26 Å². The van der Waals surface area contributed by atoms with Crippen molar-refractivity contribution in [2.45, 2.75) is 33.1 Å². The van der Waals surface area contributed by atoms with Crippen LogP contribution in [0, 0.1) is 23.2 Å². The average molecular weight is 194 g/mol. The van der Waals surface area contributed by atoms with Gasteiger partial charge in [0.1, 0.15) is 0 Å². The minimum Gasteiger partial charge on any atom is -0.341 e. The molecule has 3 heteroatoms. The van der Waals surface area contributed by atoms with Crippen LogP contribution in [0.5, 0.6) is 0 Å². The summed E-state index contributed by atoms with van der Waals surface area (Å²) in [6.45, 7) is 5.78. The first-order valence-corrected chi connectivity index (χ1v) is 5.38. The summed E-state index contributed by atoms with van der Waals surface area (Å²) < 4.78 is 0. The number of likely N-dealkylation sites (tertiary alicyclic amines) is 1. The second-order valence-corrected chi connectivity index (χ2v) is 4.01. The molecule has 0 saturated carbocycles. The number of hydrogen-bond donors (Lipinski definition) is 0. The van der Waals surface area contributed by atoms with Crippen molar-refractivity contribution in [1.82, 2.24) is 4.90 Å². The lowest BCUT2D eigenvalue weighted by atomic mass is 10.0. The summed E-state index contributed by atoms with van der Waals surface area (Å²) in [5.41, 5.74) is 0. The predicted octanol–water partition coefficient (Wildman–Crippen LogP) is 1.79. The van der Waals surface area contributed by atoms with Gasteiger partial charge in [-0.25, -0.2) is 0 Å². The minimum atomic E-state index is -0.0723. The Morgan fingerprint density at radius 1 is 1.57 bits per heavy atom. The molecule has 0 aliphatic carbocycles. The van der Waals surface area contributed by atoms with Crippen molar-refractivity contribution >= 4 is 5.91 Å². The molecule has 1 unspecified atom stereocenters. The van der Waals surface area contributed by atoms with E-state index in [2.05, 4.69) is 19.9 Å². The molecule has 0 aromatic rings. The van der Waals surface area contributed by atoms with E-state index in [0.29, 0.717) is 18.9 Å². The lowest BCUT2D eigenvalue weighted by molar-refractivity contribution is -0.128. The van der Waals surface area contributed by atoms with E-state index >= 15 is 0 Å². The van der Waals surface area contributed by atoms with Crippen molar-refractivity contribution in [3.63, 3.8) is 0 Å². The number of hydrogen-bond acceptors (Lipinski definition) is 2. The SMILES string of the molecule is CCC(CC)CN1CC(C#N)CC1=O. The van der Waals surface area contributed by atoms with Crippen LogP contribution in [0.25, 0.3) is 0 Å². The maximum Gasteiger partial charge on any atom is 0.224 e. The molecule has 3 nitrogen and oxygen atoms in total. The zero-order valence-electron chi connectivity index (χ0n) is 8.99. The molecule has 0 aromatic carbocycles. The van der Waals surface area contributed by atoms with Gasteiger partial charge in [0, 0.05) is 19.5 Å². The van der Waals surface area contributed by atoms with Crippen LogP contribution in [-0.4, -0.2) is 23.9 Å². The fraction of sp³-hybridized carbons (Fsp3) is 0.818. The molecular weight excluding hydrogens is 176 g/mol. The van der Waals surface area contributed by atoms with Crippen LogP contribution in [0.15, 0.2) is 0 Å². The molecule has 0 aromatic heterocycles. The van der Waals surface area contributed by atoms with Crippen molar-refractivity contribution in [3.8, 4) is 6.07 Å². The van der Waals surface area contributed by atoms with Crippen LogP contribution in [-0.2, 0) is 4.79 Å². The quantitative estimate of drug-likeness (QED) is 0.685. The lowest BCUT2D eigenvalue weighted by Crippen LogP contribution is -2.30. The van der Waals surface area contributed by atoms with E-state index in [9.17, 15) is 4.79 Å². The van der Waals surface area contributed by atoms with Gasteiger partial charge in [0.25, 0.3) is 0 Å². The number of nitrogens with zero attached hydrogens (tertiary/aromatic N) is 2. The third kappa shape index (κ3) is 2.47. The van der Waals surface area contributed by atoms with E-state index in [1.807, 2.05) is 4.90 Å². The van der Waals surface area contributed by atoms with E-state index in [-0.39, 0.29) is 11.8 Å². The lowest BCUT2D eigenvalue weighted by Gasteiger charge is -2.21. The monoisotopic (exact) mass is 194 g/mol. The summed E-state index contributed by atoms with van der Waals surface area (Å²) in [6, 6.07) is 2.17. The van der Waals surface area contributed by atoms with E-state index in [4.69, 9.17) is 5.26 Å². The highest BCUT2D eigenvalue weighted by atomic mass is 16.2. The Kier molecular flexibility index (Phi) is 3.94. The highest BCUT2D eigenvalue weighted by molar-refractivity contribution is 5.79. The van der Waals surface area contributed by atoms with Crippen LogP contribution < -0.4 is 0 Å². The third-order valence-electron chi connectivity index (χ3n) is 3.03.